The molecule has 3 rings (SSSR count). The summed E-state index contributed by atoms with van der Waals surface area (Å²) in [6.07, 6.45) is 1.12. The van der Waals surface area contributed by atoms with Crippen LogP contribution >= 0.6 is 11.6 Å². The molecule has 1 N–H and O–H groups in total. The van der Waals surface area contributed by atoms with E-state index >= 15 is 0 Å². The van der Waals surface area contributed by atoms with Crippen molar-refractivity contribution in [2.24, 2.45) is 0 Å². The van der Waals surface area contributed by atoms with Gasteiger partial charge in [-0.1, -0.05) is 41.9 Å². The molecular formula is C24H25ClN2O5S2. The molecule has 0 aliphatic rings. The molecule has 0 aromatic heterocycles. The minimum Gasteiger partial charge on any atom is -0.348 e. The predicted octanol–water partition coefficient (Wildman–Crippen LogP) is 4.12. The van der Waals surface area contributed by atoms with Crippen molar-refractivity contribution in [3.05, 3.63) is 88.9 Å². The third-order valence-electron chi connectivity index (χ3n) is 5.26. The fourth-order valence-corrected chi connectivity index (χ4v) is 5.62. The number of halogens is 1. The van der Waals surface area contributed by atoms with E-state index in [4.69, 9.17) is 11.6 Å². The monoisotopic (exact) mass is 520 g/mol. The van der Waals surface area contributed by atoms with E-state index in [1.54, 1.807) is 50.2 Å². The zero-order valence-electron chi connectivity index (χ0n) is 18.9. The first-order valence-electron chi connectivity index (χ1n) is 10.3. The molecule has 180 valence electrons. The Morgan fingerprint density at radius 3 is 2.03 bits per heavy atom. The van der Waals surface area contributed by atoms with E-state index in [2.05, 4.69) is 5.32 Å². The summed E-state index contributed by atoms with van der Waals surface area (Å²) in [4.78, 5) is 13.1. The van der Waals surface area contributed by atoms with E-state index in [0.29, 0.717) is 21.8 Å². The van der Waals surface area contributed by atoms with Crippen LogP contribution in [-0.2, 0) is 24.7 Å². The van der Waals surface area contributed by atoms with Crippen LogP contribution < -0.4 is 9.62 Å². The highest BCUT2D eigenvalue weighted by atomic mass is 35.5. The molecule has 34 heavy (non-hydrogen) atoms. The normalized spacial score (nSPS) is 12.7. The van der Waals surface area contributed by atoms with Crippen LogP contribution in [-0.4, -0.2) is 35.5 Å². The van der Waals surface area contributed by atoms with Gasteiger partial charge in [0.2, 0.25) is 5.91 Å². The number of anilines is 1. The highest BCUT2D eigenvalue weighted by Crippen LogP contribution is 2.27. The Hall–Kier alpha value is -2.88. The van der Waals surface area contributed by atoms with Crippen LogP contribution in [0.2, 0.25) is 5.02 Å². The molecule has 0 aliphatic carbocycles. The van der Waals surface area contributed by atoms with Gasteiger partial charge in [0.1, 0.15) is 6.54 Å². The zero-order chi connectivity index (χ0) is 25.1. The first-order chi connectivity index (χ1) is 15.9. The second kappa shape index (κ2) is 10.2. The molecule has 0 heterocycles. The Morgan fingerprint density at radius 1 is 0.912 bits per heavy atom. The molecule has 0 saturated carbocycles. The van der Waals surface area contributed by atoms with Crippen molar-refractivity contribution in [3.63, 3.8) is 0 Å². The first kappa shape index (κ1) is 25.7. The van der Waals surface area contributed by atoms with Crippen molar-refractivity contribution in [2.45, 2.75) is 29.7 Å². The summed E-state index contributed by atoms with van der Waals surface area (Å²) in [5.41, 5.74) is 1.76. The average Bonchev–Trinajstić information content (AvgIpc) is 2.78. The molecule has 0 aliphatic heterocycles. The standard InChI is InChI=1S/C24H25ClN2O5S2/c1-17-6-4-5-7-23(17)27(34(31,32)22-14-10-20(25)11-15-22)16-24(28)26-18(2)19-8-12-21(13-9-19)33(3,29)30/h4-15,18H,16H2,1-3H3,(H,26,28)/t18-/m0/s1. The van der Waals surface area contributed by atoms with Crippen LogP contribution in [0.3, 0.4) is 0 Å². The number of aryl methyl sites for hydroxylation is 1. The number of sulfonamides is 1. The van der Waals surface area contributed by atoms with E-state index < -0.39 is 38.4 Å². The summed E-state index contributed by atoms with van der Waals surface area (Å²) in [5, 5.41) is 3.19. The lowest BCUT2D eigenvalue weighted by Gasteiger charge is -2.26. The minimum absolute atomic E-state index is 0.0114. The Morgan fingerprint density at radius 2 is 1.47 bits per heavy atom. The Kier molecular flexibility index (Phi) is 7.70. The predicted molar refractivity (Wildman–Crippen MR) is 133 cm³/mol. The molecule has 3 aromatic rings. The van der Waals surface area contributed by atoms with Crippen LogP contribution in [0.5, 0.6) is 0 Å². The summed E-state index contributed by atoms with van der Waals surface area (Å²) >= 11 is 5.91. The molecular weight excluding hydrogens is 496 g/mol. The lowest BCUT2D eigenvalue weighted by molar-refractivity contribution is -0.120. The van der Waals surface area contributed by atoms with Gasteiger partial charge in [-0.2, -0.15) is 0 Å². The number of para-hydroxylation sites is 1. The largest absolute Gasteiger partial charge is 0.348 e. The number of carbonyl (C=O) groups excluding carboxylic acids is 1. The first-order valence-corrected chi connectivity index (χ1v) is 14.0. The van der Waals surface area contributed by atoms with Crippen molar-refractivity contribution in [3.8, 4) is 0 Å². The number of rotatable bonds is 8. The van der Waals surface area contributed by atoms with Gasteiger partial charge in [-0.15, -0.1) is 0 Å². The van der Waals surface area contributed by atoms with Gasteiger partial charge >= 0.3 is 0 Å². The van der Waals surface area contributed by atoms with E-state index in [1.807, 2.05) is 0 Å². The molecule has 0 radical (unpaired) electrons. The molecule has 0 saturated heterocycles. The number of benzene rings is 3. The van der Waals surface area contributed by atoms with Gasteiger partial charge in [0, 0.05) is 11.3 Å². The Balaban J connectivity index is 1.87. The molecule has 1 atom stereocenters. The van der Waals surface area contributed by atoms with Crippen molar-refractivity contribution in [2.75, 3.05) is 17.1 Å². The van der Waals surface area contributed by atoms with E-state index in [9.17, 15) is 21.6 Å². The van der Waals surface area contributed by atoms with Gasteiger partial charge < -0.3 is 5.32 Å². The summed E-state index contributed by atoms with van der Waals surface area (Å²) in [6, 6.07) is 18.3. The second-order valence-electron chi connectivity index (χ2n) is 7.88. The average molecular weight is 521 g/mol. The molecule has 0 spiro atoms. The summed E-state index contributed by atoms with van der Waals surface area (Å²) in [6.45, 7) is 3.06. The number of nitrogens with one attached hydrogen (secondary N) is 1. The number of carbonyl (C=O) groups is 1. The van der Waals surface area contributed by atoms with Crippen LogP contribution in [0.1, 0.15) is 24.1 Å². The smallest absolute Gasteiger partial charge is 0.264 e. The summed E-state index contributed by atoms with van der Waals surface area (Å²) in [5.74, 6) is -0.513. The van der Waals surface area contributed by atoms with Crippen LogP contribution in [0.15, 0.2) is 82.6 Å². The molecule has 0 fully saturated rings. The third-order valence-corrected chi connectivity index (χ3v) is 8.41. The highest BCUT2D eigenvalue weighted by Gasteiger charge is 2.28. The van der Waals surface area contributed by atoms with Gasteiger partial charge in [-0.25, -0.2) is 16.8 Å². The van der Waals surface area contributed by atoms with Gasteiger partial charge in [0.25, 0.3) is 10.0 Å². The lowest BCUT2D eigenvalue weighted by atomic mass is 10.1. The van der Waals surface area contributed by atoms with Crippen molar-refractivity contribution < 1.29 is 21.6 Å². The Bertz CT molecular complexity index is 1390. The maximum atomic E-state index is 13.5. The van der Waals surface area contributed by atoms with Gasteiger partial charge in [0.05, 0.1) is 21.5 Å². The van der Waals surface area contributed by atoms with Crippen LogP contribution in [0, 0.1) is 6.92 Å². The van der Waals surface area contributed by atoms with E-state index in [0.717, 1.165) is 10.6 Å². The van der Waals surface area contributed by atoms with Gasteiger partial charge in [-0.3, -0.25) is 9.10 Å². The fraction of sp³-hybridized carbons (Fsp3) is 0.208. The van der Waals surface area contributed by atoms with Crippen LogP contribution in [0.4, 0.5) is 5.69 Å². The van der Waals surface area contributed by atoms with Crippen LogP contribution in [0.25, 0.3) is 0 Å². The fourth-order valence-electron chi connectivity index (χ4n) is 3.38. The lowest BCUT2D eigenvalue weighted by Crippen LogP contribution is -2.41. The van der Waals surface area contributed by atoms with Crippen molar-refractivity contribution in [1.82, 2.24) is 5.32 Å². The summed E-state index contributed by atoms with van der Waals surface area (Å²) < 4.78 is 51.3. The zero-order valence-corrected chi connectivity index (χ0v) is 21.3. The number of amides is 1. The number of hydrogen-bond acceptors (Lipinski definition) is 5. The maximum absolute atomic E-state index is 13.5. The SMILES string of the molecule is Cc1ccccc1N(CC(=O)N[C@@H](C)c1ccc(S(C)(=O)=O)cc1)S(=O)(=O)c1ccc(Cl)cc1. The van der Waals surface area contributed by atoms with Crippen molar-refractivity contribution in [1.29, 1.82) is 0 Å². The maximum Gasteiger partial charge on any atom is 0.264 e. The molecule has 3 aromatic carbocycles. The third kappa shape index (κ3) is 5.97. The van der Waals surface area contributed by atoms with E-state index in [1.165, 1.54) is 36.4 Å². The number of nitrogens with zero attached hydrogens (tertiary/aromatic N) is 1. The van der Waals surface area contributed by atoms with E-state index in [-0.39, 0.29) is 9.79 Å². The quantitative estimate of drug-likeness (QED) is 0.481. The molecule has 7 nitrogen and oxygen atoms in total. The second-order valence-corrected chi connectivity index (χ2v) is 12.2. The minimum atomic E-state index is -4.06. The summed E-state index contributed by atoms with van der Waals surface area (Å²) in [7, 11) is -7.40. The number of hydrogen-bond donors (Lipinski definition) is 1. The highest BCUT2D eigenvalue weighted by molar-refractivity contribution is 7.93. The molecule has 1 amide bonds. The topological polar surface area (TPSA) is 101 Å². The van der Waals surface area contributed by atoms with Crippen molar-refractivity contribution >= 4 is 43.1 Å². The van der Waals surface area contributed by atoms with Gasteiger partial charge in [0.15, 0.2) is 9.84 Å². The number of sulfone groups is 1. The Labute approximate surface area is 205 Å². The van der Waals surface area contributed by atoms with Gasteiger partial charge in [-0.05, 0) is 67.4 Å². The molecule has 0 unspecified atom stereocenters. The molecule has 10 heteroatoms. The molecule has 0 bridgehead atoms.